The van der Waals surface area contributed by atoms with Crippen LogP contribution in [0.1, 0.15) is 29.8 Å². The van der Waals surface area contributed by atoms with Crippen LogP contribution in [-0.2, 0) is 14.3 Å². The highest BCUT2D eigenvalue weighted by Crippen LogP contribution is 2.17. The molecule has 0 aliphatic rings. The fraction of sp³-hybridized carbons (Fsp3) is 0.227. The number of nitrogens with one attached hydrogen (secondary N) is 1. The fourth-order valence-corrected chi connectivity index (χ4v) is 2.98. The van der Waals surface area contributed by atoms with Gasteiger partial charge in [0.1, 0.15) is 5.82 Å². The number of halogens is 2. The van der Waals surface area contributed by atoms with Gasteiger partial charge in [-0.3, -0.25) is 9.59 Å². The summed E-state index contributed by atoms with van der Waals surface area (Å²) in [6.07, 6.45) is 2.31. The van der Waals surface area contributed by atoms with Gasteiger partial charge in [-0.15, -0.1) is 0 Å². The molecule has 2 rings (SSSR count). The van der Waals surface area contributed by atoms with Crippen molar-refractivity contribution >= 4 is 45.5 Å². The van der Waals surface area contributed by atoms with E-state index in [2.05, 4.69) is 21.2 Å². The maximum absolute atomic E-state index is 13.6. The van der Waals surface area contributed by atoms with E-state index in [1.165, 1.54) is 18.2 Å². The maximum Gasteiger partial charge on any atom is 0.331 e. The molecule has 0 bridgehead atoms. The van der Waals surface area contributed by atoms with Gasteiger partial charge in [-0.05, 0) is 56.3 Å². The van der Waals surface area contributed by atoms with Crippen molar-refractivity contribution in [3.8, 4) is 0 Å². The van der Waals surface area contributed by atoms with Crippen molar-refractivity contribution in [2.75, 3.05) is 25.0 Å². The molecule has 0 saturated heterocycles. The molecule has 0 atom stereocenters. The van der Waals surface area contributed by atoms with Crippen molar-refractivity contribution in [3.05, 3.63) is 70.0 Å². The zero-order chi connectivity index (χ0) is 22.1. The Morgan fingerprint density at radius 2 is 1.87 bits per heavy atom. The summed E-state index contributed by atoms with van der Waals surface area (Å²) in [6, 6.07) is 10.8. The van der Waals surface area contributed by atoms with Gasteiger partial charge >= 0.3 is 5.97 Å². The Kier molecular flexibility index (Phi) is 8.73. The summed E-state index contributed by atoms with van der Waals surface area (Å²) in [6.45, 7) is 4.43. The van der Waals surface area contributed by atoms with Gasteiger partial charge in [0.05, 0.1) is 0 Å². The fourth-order valence-electron chi connectivity index (χ4n) is 2.61. The topological polar surface area (TPSA) is 75.7 Å². The second-order valence-corrected chi connectivity index (χ2v) is 7.13. The zero-order valence-corrected chi connectivity index (χ0v) is 18.2. The van der Waals surface area contributed by atoms with E-state index in [1.807, 2.05) is 13.8 Å². The largest absolute Gasteiger partial charge is 0.452 e. The Labute approximate surface area is 182 Å². The minimum atomic E-state index is -0.782. The van der Waals surface area contributed by atoms with Gasteiger partial charge < -0.3 is 15.0 Å². The molecule has 6 nitrogen and oxygen atoms in total. The monoisotopic (exact) mass is 476 g/mol. The minimum absolute atomic E-state index is 0.132. The first-order valence-corrected chi connectivity index (χ1v) is 10.1. The van der Waals surface area contributed by atoms with E-state index in [-0.39, 0.29) is 11.5 Å². The number of esters is 1. The Morgan fingerprint density at radius 3 is 2.57 bits per heavy atom. The van der Waals surface area contributed by atoms with Gasteiger partial charge in [0.2, 0.25) is 0 Å². The van der Waals surface area contributed by atoms with Crippen LogP contribution in [0.2, 0.25) is 0 Å². The average molecular weight is 477 g/mol. The molecule has 2 amide bonds. The number of carbonyl (C=O) groups excluding carboxylic acids is 3. The normalized spacial score (nSPS) is 10.7. The van der Waals surface area contributed by atoms with E-state index in [9.17, 15) is 18.8 Å². The molecule has 2 aromatic rings. The highest BCUT2D eigenvalue weighted by molar-refractivity contribution is 9.10. The van der Waals surface area contributed by atoms with E-state index >= 15 is 0 Å². The first kappa shape index (κ1) is 23.3. The van der Waals surface area contributed by atoms with E-state index in [1.54, 1.807) is 35.2 Å². The van der Waals surface area contributed by atoms with Crippen LogP contribution in [0.15, 0.2) is 53.0 Å². The molecule has 8 heteroatoms. The Morgan fingerprint density at radius 1 is 1.13 bits per heavy atom. The lowest BCUT2D eigenvalue weighted by Crippen LogP contribution is -2.30. The Balaban J connectivity index is 1.91. The number of benzene rings is 2. The maximum atomic E-state index is 13.6. The van der Waals surface area contributed by atoms with Gasteiger partial charge in [0.25, 0.3) is 11.8 Å². The van der Waals surface area contributed by atoms with Crippen LogP contribution in [-0.4, -0.2) is 42.4 Å². The molecular formula is C22H22BrFN2O4. The summed E-state index contributed by atoms with van der Waals surface area (Å²) in [7, 11) is 0. The molecule has 0 heterocycles. The van der Waals surface area contributed by atoms with Gasteiger partial charge in [-0.25, -0.2) is 9.18 Å². The lowest BCUT2D eigenvalue weighted by molar-refractivity contribution is -0.142. The van der Waals surface area contributed by atoms with Crippen molar-refractivity contribution in [2.45, 2.75) is 13.8 Å². The van der Waals surface area contributed by atoms with Crippen LogP contribution in [0, 0.1) is 5.82 Å². The van der Waals surface area contributed by atoms with Crippen LogP contribution in [0.4, 0.5) is 10.1 Å². The molecule has 0 spiro atoms. The Hall–Kier alpha value is -3.00. The van der Waals surface area contributed by atoms with Crippen LogP contribution in [0.3, 0.4) is 0 Å². The van der Waals surface area contributed by atoms with Gasteiger partial charge in [0.15, 0.2) is 6.61 Å². The second-order valence-electron chi connectivity index (χ2n) is 6.21. The number of nitrogens with zero attached hydrogens (tertiary/aromatic N) is 1. The average Bonchev–Trinajstić information content (AvgIpc) is 2.74. The number of anilines is 1. The number of ether oxygens (including phenoxy) is 1. The first-order chi connectivity index (χ1) is 14.3. The van der Waals surface area contributed by atoms with E-state index < -0.39 is 24.3 Å². The molecule has 0 aliphatic carbocycles. The lowest BCUT2D eigenvalue weighted by atomic mass is 10.1. The molecule has 1 N–H and O–H groups in total. The van der Waals surface area contributed by atoms with Gasteiger partial charge in [0, 0.05) is 40.5 Å². The van der Waals surface area contributed by atoms with Crippen LogP contribution < -0.4 is 5.32 Å². The number of carbonyl (C=O) groups is 3. The predicted octanol–water partition coefficient (Wildman–Crippen LogP) is 4.27. The van der Waals surface area contributed by atoms with Crippen molar-refractivity contribution in [2.24, 2.45) is 0 Å². The second kappa shape index (κ2) is 11.3. The summed E-state index contributed by atoms with van der Waals surface area (Å²) >= 11 is 3.22. The number of amides is 2. The van der Waals surface area contributed by atoms with Crippen molar-refractivity contribution < 1.29 is 23.5 Å². The molecule has 0 fully saturated rings. The molecule has 158 valence electrons. The van der Waals surface area contributed by atoms with Crippen LogP contribution in [0.5, 0.6) is 0 Å². The smallest absolute Gasteiger partial charge is 0.331 e. The standard InChI is InChI=1S/C22H22BrFN2O4/c1-3-26(4-2)22(29)16-6-5-7-18(13-16)25-20(27)14-30-21(28)11-8-15-12-17(23)9-10-19(15)24/h5-13H,3-4,14H2,1-2H3,(H,25,27)/b11-8+. The molecule has 0 aliphatic heterocycles. The van der Waals surface area contributed by atoms with Gasteiger partial charge in [-0.2, -0.15) is 0 Å². The molecular weight excluding hydrogens is 455 g/mol. The molecule has 0 radical (unpaired) electrons. The molecule has 2 aromatic carbocycles. The van der Waals surface area contributed by atoms with Crippen LogP contribution in [0.25, 0.3) is 6.08 Å². The quantitative estimate of drug-likeness (QED) is 0.456. The van der Waals surface area contributed by atoms with E-state index in [4.69, 9.17) is 4.74 Å². The van der Waals surface area contributed by atoms with Crippen molar-refractivity contribution in [1.82, 2.24) is 4.90 Å². The Bertz CT molecular complexity index is 958. The summed E-state index contributed by atoms with van der Waals surface area (Å²) in [5, 5.41) is 2.58. The highest BCUT2D eigenvalue weighted by atomic mass is 79.9. The molecule has 30 heavy (non-hydrogen) atoms. The SMILES string of the molecule is CCN(CC)C(=O)c1cccc(NC(=O)COC(=O)/C=C/c2cc(Br)ccc2F)c1. The van der Waals surface area contributed by atoms with Gasteiger partial charge in [-0.1, -0.05) is 22.0 Å². The van der Waals surface area contributed by atoms with E-state index in [0.29, 0.717) is 28.8 Å². The summed E-state index contributed by atoms with van der Waals surface area (Å²) in [5.41, 5.74) is 1.08. The third kappa shape index (κ3) is 6.81. The third-order valence-corrected chi connectivity index (χ3v) is 4.64. The van der Waals surface area contributed by atoms with E-state index in [0.717, 1.165) is 6.08 Å². The van der Waals surface area contributed by atoms with Crippen molar-refractivity contribution in [3.63, 3.8) is 0 Å². The number of hydrogen-bond acceptors (Lipinski definition) is 4. The molecule has 0 aromatic heterocycles. The number of rotatable bonds is 8. The first-order valence-electron chi connectivity index (χ1n) is 9.33. The highest BCUT2D eigenvalue weighted by Gasteiger charge is 2.13. The lowest BCUT2D eigenvalue weighted by Gasteiger charge is -2.19. The minimum Gasteiger partial charge on any atom is -0.452 e. The summed E-state index contributed by atoms with van der Waals surface area (Å²) in [5.74, 6) is -1.96. The van der Waals surface area contributed by atoms with Crippen molar-refractivity contribution in [1.29, 1.82) is 0 Å². The summed E-state index contributed by atoms with van der Waals surface area (Å²) < 4.78 is 19.2. The molecule has 0 saturated carbocycles. The molecule has 0 unspecified atom stereocenters. The third-order valence-electron chi connectivity index (χ3n) is 4.15. The summed E-state index contributed by atoms with van der Waals surface area (Å²) in [4.78, 5) is 37.9. The zero-order valence-electron chi connectivity index (χ0n) is 16.7. The number of hydrogen-bond donors (Lipinski definition) is 1. The predicted molar refractivity (Wildman–Crippen MR) is 116 cm³/mol. The van der Waals surface area contributed by atoms with Crippen LogP contribution >= 0.6 is 15.9 Å².